The Hall–Kier alpha value is -1.81. The maximum Gasteiger partial charge on any atom is 0.145 e. The molecule has 0 N–H and O–H groups in total. The smallest absolute Gasteiger partial charge is 0.145 e. The van der Waals surface area contributed by atoms with Crippen molar-refractivity contribution < 1.29 is 4.74 Å². The Kier molecular flexibility index (Phi) is 3.49. The van der Waals surface area contributed by atoms with Crippen LogP contribution in [0.15, 0.2) is 24.3 Å². The third-order valence-corrected chi connectivity index (χ3v) is 3.97. The van der Waals surface area contributed by atoms with Crippen LogP contribution < -0.4 is 9.64 Å². The third-order valence-electron chi connectivity index (χ3n) is 3.97. The highest BCUT2D eigenvalue weighted by atomic mass is 16.5. The number of rotatable bonds is 2. The maximum atomic E-state index is 5.45. The maximum absolute atomic E-state index is 5.45. The first-order chi connectivity index (χ1) is 9.69. The summed E-state index contributed by atoms with van der Waals surface area (Å²) in [6.45, 7) is 6.38. The quantitative estimate of drug-likeness (QED) is 0.838. The third kappa shape index (κ3) is 2.31. The zero-order valence-electron chi connectivity index (χ0n) is 12.4. The van der Waals surface area contributed by atoms with Gasteiger partial charge in [-0.3, -0.25) is 0 Å². The molecule has 1 fully saturated rings. The molecule has 0 unspecified atom stereocenters. The molecule has 1 aromatic carbocycles. The standard InChI is InChI=1S/C16H21N3O/c1-12-11-14(19-9-7-18(2)8-10-19)13-5-4-6-15(20-3)16(13)17-12/h4-6,11H,7-10H2,1-3H3. The van der Waals surface area contributed by atoms with E-state index in [1.807, 2.05) is 19.1 Å². The summed E-state index contributed by atoms with van der Waals surface area (Å²) in [4.78, 5) is 9.48. The molecule has 4 nitrogen and oxygen atoms in total. The second-order valence-electron chi connectivity index (χ2n) is 5.43. The number of para-hydroxylation sites is 1. The minimum Gasteiger partial charge on any atom is -0.494 e. The van der Waals surface area contributed by atoms with Crippen LogP contribution >= 0.6 is 0 Å². The molecule has 0 radical (unpaired) electrons. The van der Waals surface area contributed by atoms with Crippen molar-refractivity contribution >= 4 is 16.6 Å². The van der Waals surface area contributed by atoms with Gasteiger partial charge in [0, 0.05) is 42.9 Å². The summed E-state index contributed by atoms with van der Waals surface area (Å²) in [5.74, 6) is 0.849. The number of anilines is 1. The Labute approximate surface area is 120 Å². The van der Waals surface area contributed by atoms with Gasteiger partial charge in [-0.05, 0) is 26.1 Å². The van der Waals surface area contributed by atoms with Gasteiger partial charge in [-0.15, -0.1) is 0 Å². The number of benzene rings is 1. The Morgan fingerprint density at radius 2 is 1.90 bits per heavy atom. The molecule has 2 aromatic rings. The second kappa shape index (κ2) is 5.29. The van der Waals surface area contributed by atoms with Crippen LogP contribution in [0, 0.1) is 6.92 Å². The Balaban J connectivity index is 2.10. The lowest BCUT2D eigenvalue weighted by molar-refractivity contribution is 0.313. The highest BCUT2D eigenvalue weighted by Gasteiger charge is 2.18. The molecule has 20 heavy (non-hydrogen) atoms. The lowest BCUT2D eigenvalue weighted by atomic mass is 10.1. The van der Waals surface area contributed by atoms with Crippen LogP contribution in [0.4, 0.5) is 5.69 Å². The summed E-state index contributed by atoms with van der Waals surface area (Å²) >= 11 is 0. The van der Waals surface area contributed by atoms with Crippen molar-refractivity contribution in [2.45, 2.75) is 6.92 Å². The first kappa shape index (κ1) is 13.2. The van der Waals surface area contributed by atoms with E-state index in [-0.39, 0.29) is 0 Å². The number of nitrogens with zero attached hydrogens (tertiary/aromatic N) is 3. The van der Waals surface area contributed by atoms with Crippen LogP contribution in [0.5, 0.6) is 5.75 Å². The normalized spacial score (nSPS) is 16.6. The average molecular weight is 271 g/mol. The van der Waals surface area contributed by atoms with E-state index in [1.165, 1.54) is 11.1 Å². The molecule has 1 saturated heterocycles. The molecule has 4 heteroatoms. The topological polar surface area (TPSA) is 28.6 Å². The van der Waals surface area contributed by atoms with Crippen molar-refractivity contribution in [3.05, 3.63) is 30.0 Å². The fourth-order valence-corrected chi connectivity index (χ4v) is 2.80. The predicted octanol–water partition coefficient (Wildman–Crippen LogP) is 2.30. The number of hydrogen-bond acceptors (Lipinski definition) is 4. The van der Waals surface area contributed by atoms with E-state index < -0.39 is 0 Å². The van der Waals surface area contributed by atoms with Gasteiger partial charge in [0.05, 0.1) is 7.11 Å². The summed E-state index contributed by atoms with van der Waals surface area (Å²) in [6, 6.07) is 8.34. The van der Waals surface area contributed by atoms with Crippen LogP contribution in [0.2, 0.25) is 0 Å². The van der Waals surface area contributed by atoms with E-state index in [2.05, 4.69) is 34.0 Å². The van der Waals surface area contributed by atoms with Gasteiger partial charge in [0.2, 0.25) is 0 Å². The highest BCUT2D eigenvalue weighted by Crippen LogP contribution is 2.32. The molecule has 0 saturated carbocycles. The molecule has 0 aliphatic carbocycles. The van der Waals surface area contributed by atoms with Gasteiger partial charge < -0.3 is 14.5 Å². The van der Waals surface area contributed by atoms with Gasteiger partial charge in [-0.2, -0.15) is 0 Å². The fraction of sp³-hybridized carbons (Fsp3) is 0.438. The minimum absolute atomic E-state index is 0.849. The van der Waals surface area contributed by atoms with Gasteiger partial charge in [-0.25, -0.2) is 4.98 Å². The minimum atomic E-state index is 0.849. The summed E-state index contributed by atoms with van der Waals surface area (Å²) in [5.41, 5.74) is 3.28. The van der Waals surface area contributed by atoms with Gasteiger partial charge in [-0.1, -0.05) is 12.1 Å². The van der Waals surface area contributed by atoms with Crippen molar-refractivity contribution in [2.24, 2.45) is 0 Å². The molecule has 0 atom stereocenters. The lowest BCUT2D eigenvalue weighted by Crippen LogP contribution is -2.44. The SMILES string of the molecule is COc1cccc2c(N3CCN(C)CC3)cc(C)nc12. The number of aromatic nitrogens is 1. The van der Waals surface area contributed by atoms with Gasteiger partial charge in [0.25, 0.3) is 0 Å². The van der Waals surface area contributed by atoms with Crippen molar-refractivity contribution in [3.8, 4) is 5.75 Å². The number of piperazine rings is 1. The van der Waals surface area contributed by atoms with Crippen LogP contribution in [0.25, 0.3) is 10.9 Å². The van der Waals surface area contributed by atoms with Gasteiger partial charge >= 0.3 is 0 Å². The number of fused-ring (bicyclic) bond motifs is 1. The van der Waals surface area contributed by atoms with Gasteiger partial charge in [0.15, 0.2) is 0 Å². The fourth-order valence-electron chi connectivity index (χ4n) is 2.80. The molecule has 3 rings (SSSR count). The van der Waals surface area contributed by atoms with Crippen molar-refractivity contribution in [3.63, 3.8) is 0 Å². The number of ether oxygens (including phenoxy) is 1. The van der Waals surface area contributed by atoms with Crippen LogP contribution in [0.1, 0.15) is 5.69 Å². The highest BCUT2D eigenvalue weighted by molar-refractivity contribution is 5.95. The molecular formula is C16H21N3O. The largest absolute Gasteiger partial charge is 0.494 e. The molecule has 2 heterocycles. The number of likely N-dealkylation sites (N-methyl/N-ethyl adjacent to an activating group) is 1. The summed E-state index contributed by atoms with van der Waals surface area (Å²) < 4.78 is 5.45. The van der Waals surface area contributed by atoms with E-state index in [0.29, 0.717) is 0 Å². The number of hydrogen-bond donors (Lipinski definition) is 0. The van der Waals surface area contributed by atoms with E-state index in [1.54, 1.807) is 7.11 Å². The monoisotopic (exact) mass is 271 g/mol. The summed E-state index contributed by atoms with van der Waals surface area (Å²) in [7, 11) is 3.88. The zero-order chi connectivity index (χ0) is 14.1. The van der Waals surface area contributed by atoms with Crippen molar-refractivity contribution in [1.82, 2.24) is 9.88 Å². The van der Waals surface area contributed by atoms with E-state index >= 15 is 0 Å². The van der Waals surface area contributed by atoms with E-state index in [4.69, 9.17) is 4.74 Å². The Morgan fingerprint density at radius 3 is 2.60 bits per heavy atom. The average Bonchev–Trinajstić information content (AvgIpc) is 2.46. The van der Waals surface area contributed by atoms with Crippen LogP contribution in [-0.4, -0.2) is 50.2 Å². The number of pyridine rings is 1. The first-order valence-corrected chi connectivity index (χ1v) is 7.07. The molecular weight excluding hydrogens is 250 g/mol. The van der Waals surface area contributed by atoms with E-state index in [9.17, 15) is 0 Å². The molecule has 106 valence electrons. The molecule has 1 aliphatic rings. The molecule has 0 amide bonds. The van der Waals surface area contributed by atoms with Crippen LogP contribution in [-0.2, 0) is 0 Å². The number of aryl methyl sites for hydroxylation is 1. The Morgan fingerprint density at radius 1 is 1.15 bits per heavy atom. The predicted molar refractivity (Wildman–Crippen MR) is 82.7 cm³/mol. The first-order valence-electron chi connectivity index (χ1n) is 7.07. The molecule has 0 spiro atoms. The van der Waals surface area contributed by atoms with E-state index in [0.717, 1.165) is 43.1 Å². The van der Waals surface area contributed by atoms with Crippen LogP contribution in [0.3, 0.4) is 0 Å². The Bertz CT molecular complexity index is 618. The zero-order valence-corrected chi connectivity index (χ0v) is 12.4. The summed E-state index contributed by atoms with van der Waals surface area (Å²) in [5, 5.41) is 1.18. The van der Waals surface area contributed by atoms with Gasteiger partial charge in [0.1, 0.15) is 11.3 Å². The lowest BCUT2D eigenvalue weighted by Gasteiger charge is -2.34. The molecule has 1 aliphatic heterocycles. The second-order valence-corrected chi connectivity index (χ2v) is 5.43. The van der Waals surface area contributed by atoms with Crippen molar-refractivity contribution in [1.29, 1.82) is 0 Å². The van der Waals surface area contributed by atoms with Crippen molar-refractivity contribution in [2.75, 3.05) is 45.2 Å². The number of methoxy groups -OCH3 is 1. The molecule has 0 bridgehead atoms. The molecule has 1 aromatic heterocycles. The summed E-state index contributed by atoms with van der Waals surface area (Å²) in [6.07, 6.45) is 0.